The lowest BCUT2D eigenvalue weighted by molar-refractivity contribution is -0.136. The minimum atomic E-state index is -0.509. The molecule has 0 bridgehead atoms. The van der Waals surface area contributed by atoms with Crippen molar-refractivity contribution in [2.24, 2.45) is 5.16 Å². The van der Waals surface area contributed by atoms with Crippen molar-refractivity contribution in [2.75, 3.05) is 7.11 Å². The first-order chi connectivity index (χ1) is 11.7. The number of rotatable bonds is 4. The van der Waals surface area contributed by atoms with Gasteiger partial charge in [0.05, 0.1) is 12.7 Å². The van der Waals surface area contributed by atoms with Crippen LogP contribution in [0.1, 0.15) is 11.1 Å². The van der Waals surface area contributed by atoms with E-state index in [9.17, 15) is 4.79 Å². The third-order valence-electron chi connectivity index (χ3n) is 3.46. The number of ether oxygens (including phenoxy) is 1. The SMILES string of the molecule is COc1ccc(Cl)cc1C1=NOC(=O)/C1=C/C=C/c1ccccc1. The average Bonchev–Trinajstić information content (AvgIpc) is 2.97. The maximum absolute atomic E-state index is 12.0. The van der Waals surface area contributed by atoms with Crippen LogP contribution in [0.5, 0.6) is 5.75 Å². The Bertz CT molecular complexity index is 854. The lowest BCUT2D eigenvalue weighted by Gasteiger charge is -2.07. The number of methoxy groups -OCH3 is 1. The minimum Gasteiger partial charge on any atom is -0.496 e. The van der Waals surface area contributed by atoms with Crippen LogP contribution < -0.4 is 4.74 Å². The van der Waals surface area contributed by atoms with E-state index in [-0.39, 0.29) is 0 Å². The lowest BCUT2D eigenvalue weighted by atomic mass is 10.0. The van der Waals surface area contributed by atoms with Crippen LogP contribution in [0.25, 0.3) is 6.08 Å². The van der Waals surface area contributed by atoms with Crippen molar-refractivity contribution in [1.82, 2.24) is 0 Å². The Morgan fingerprint density at radius 1 is 1.17 bits per heavy atom. The summed E-state index contributed by atoms with van der Waals surface area (Å²) in [6.07, 6.45) is 5.34. The third-order valence-corrected chi connectivity index (χ3v) is 3.70. The topological polar surface area (TPSA) is 47.9 Å². The number of benzene rings is 2. The van der Waals surface area contributed by atoms with Gasteiger partial charge in [-0.05, 0) is 29.8 Å². The van der Waals surface area contributed by atoms with Gasteiger partial charge in [0.2, 0.25) is 0 Å². The van der Waals surface area contributed by atoms with Gasteiger partial charge >= 0.3 is 5.97 Å². The second-order valence-electron chi connectivity index (χ2n) is 5.01. The summed E-state index contributed by atoms with van der Waals surface area (Å²) in [5.41, 5.74) is 2.38. The van der Waals surface area contributed by atoms with Crippen LogP contribution in [0, 0.1) is 0 Å². The van der Waals surface area contributed by atoms with Crippen molar-refractivity contribution in [2.45, 2.75) is 0 Å². The number of carbonyl (C=O) groups is 1. The quantitative estimate of drug-likeness (QED) is 0.618. The molecule has 0 spiro atoms. The maximum Gasteiger partial charge on any atom is 0.368 e. The molecule has 0 unspecified atom stereocenters. The fourth-order valence-corrected chi connectivity index (χ4v) is 2.48. The first-order valence-corrected chi connectivity index (χ1v) is 7.64. The normalized spacial score (nSPS) is 15.7. The number of allylic oxidation sites excluding steroid dienone is 2. The molecule has 0 radical (unpaired) electrons. The van der Waals surface area contributed by atoms with Gasteiger partial charge in [-0.15, -0.1) is 0 Å². The van der Waals surface area contributed by atoms with Crippen LogP contribution in [-0.2, 0) is 9.63 Å². The third kappa shape index (κ3) is 3.39. The molecular weight excluding hydrogens is 326 g/mol. The number of nitrogens with zero attached hydrogens (tertiary/aromatic N) is 1. The van der Waals surface area contributed by atoms with Gasteiger partial charge in [-0.1, -0.05) is 59.2 Å². The highest BCUT2D eigenvalue weighted by atomic mass is 35.5. The first-order valence-electron chi connectivity index (χ1n) is 7.26. The molecule has 0 aromatic heterocycles. The molecule has 0 saturated heterocycles. The predicted octanol–water partition coefficient (Wildman–Crippen LogP) is 4.25. The molecule has 0 fully saturated rings. The Hall–Kier alpha value is -2.85. The molecule has 120 valence electrons. The Balaban J connectivity index is 1.94. The fourth-order valence-electron chi connectivity index (χ4n) is 2.31. The Labute approximate surface area is 144 Å². The van der Waals surface area contributed by atoms with Crippen LogP contribution in [0.2, 0.25) is 5.02 Å². The van der Waals surface area contributed by atoms with E-state index < -0.39 is 5.97 Å². The van der Waals surface area contributed by atoms with Crippen molar-refractivity contribution < 1.29 is 14.4 Å². The molecule has 1 aliphatic heterocycles. The van der Waals surface area contributed by atoms with Crippen molar-refractivity contribution in [1.29, 1.82) is 0 Å². The standard InChI is InChI=1S/C19H14ClNO3/c1-23-17-11-10-14(20)12-16(17)18-15(19(22)24-21-18)9-5-8-13-6-3-2-4-7-13/h2-12H,1H3/b8-5+,15-9+. The van der Waals surface area contributed by atoms with Gasteiger partial charge in [-0.3, -0.25) is 0 Å². The van der Waals surface area contributed by atoms with Crippen molar-refractivity contribution in [3.8, 4) is 5.75 Å². The number of oxime groups is 1. The molecular formula is C19H14ClNO3. The summed E-state index contributed by atoms with van der Waals surface area (Å²) in [5.74, 6) is 0.0547. The highest BCUT2D eigenvalue weighted by Gasteiger charge is 2.28. The van der Waals surface area contributed by atoms with E-state index >= 15 is 0 Å². The Morgan fingerprint density at radius 3 is 2.71 bits per heavy atom. The Morgan fingerprint density at radius 2 is 1.96 bits per heavy atom. The summed E-state index contributed by atoms with van der Waals surface area (Å²) in [7, 11) is 1.55. The van der Waals surface area contributed by atoms with E-state index in [0.717, 1.165) is 5.56 Å². The molecule has 1 heterocycles. The first kappa shape index (κ1) is 16.0. The van der Waals surface area contributed by atoms with E-state index in [4.69, 9.17) is 21.2 Å². The molecule has 3 rings (SSSR count). The van der Waals surface area contributed by atoms with Gasteiger partial charge in [0.15, 0.2) is 0 Å². The number of hydrogen-bond donors (Lipinski definition) is 0. The van der Waals surface area contributed by atoms with Gasteiger partial charge < -0.3 is 9.57 Å². The maximum atomic E-state index is 12.0. The summed E-state index contributed by atoms with van der Waals surface area (Å²) in [6.45, 7) is 0. The zero-order chi connectivity index (χ0) is 16.9. The van der Waals surface area contributed by atoms with Crippen molar-refractivity contribution in [3.05, 3.63) is 82.4 Å². The molecule has 1 aliphatic rings. The van der Waals surface area contributed by atoms with Crippen LogP contribution in [0.4, 0.5) is 0 Å². The van der Waals surface area contributed by atoms with Gasteiger partial charge in [-0.25, -0.2) is 4.79 Å². The fraction of sp³-hybridized carbons (Fsp3) is 0.0526. The number of hydrogen-bond acceptors (Lipinski definition) is 4. The molecule has 0 aliphatic carbocycles. The highest BCUT2D eigenvalue weighted by Crippen LogP contribution is 2.28. The van der Waals surface area contributed by atoms with Crippen LogP contribution in [0.3, 0.4) is 0 Å². The second-order valence-corrected chi connectivity index (χ2v) is 5.45. The van der Waals surface area contributed by atoms with Gasteiger partial charge in [0, 0.05) is 10.6 Å². The van der Waals surface area contributed by atoms with E-state index in [0.29, 0.717) is 27.6 Å². The zero-order valence-electron chi connectivity index (χ0n) is 12.9. The Kier molecular flexibility index (Phi) is 4.77. The minimum absolute atomic E-state index is 0.350. The van der Waals surface area contributed by atoms with E-state index in [1.165, 1.54) is 0 Å². The molecule has 0 atom stereocenters. The molecule has 5 heteroatoms. The zero-order valence-corrected chi connectivity index (χ0v) is 13.7. The predicted molar refractivity (Wildman–Crippen MR) is 94.2 cm³/mol. The van der Waals surface area contributed by atoms with Gasteiger partial charge in [-0.2, -0.15) is 0 Å². The lowest BCUT2D eigenvalue weighted by Crippen LogP contribution is -2.08. The van der Waals surface area contributed by atoms with Crippen LogP contribution in [-0.4, -0.2) is 18.8 Å². The molecule has 0 amide bonds. The average molecular weight is 340 g/mol. The number of carbonyl (C=O) groups excluding carboxylic acids is 1. The van der Waals surface area contributed by atoms with Gasteiger partial charge in [0.1, 0.15) is 11.5 Å². The van der Waals surface area contributed by atoms with Crippen LogP contribution in [0.15, 0.2) is 71.4 Å². The summed E-state index contributed by atoms with van der Waals surface area (Å²) in [4.78, 5) is 16.8. The summed E-state index contributed by atoms with van der Waals surface area (Å²) in [6, 6.07) is 14.9. The van der Waals surface area contributed by atoms with E-state index in [1.807, 2.05) is 36.4 Å². The van der Waals surface area contributed by atoms with E-state index in [1.54, 1.807) is 37.5 Å². The molecule has 0 N–H and O–H groups in total. The molecule has 24 heavy (non-hydrogen) atoms. The number of halogens is 1. The second kappa shape index (κ2) is 7.15. The summed E-state index contributed by atoms with van der Waals surface area (Å²) >= 11 is 6.05. The largest absolute Gasteiger partial charge is 0.496 e. The molecule has 2 aromatic rings. The van der Waals surface area contributed by atoms with Gasteiger partial charge in [0.25, 0.3) is 0 Å². The van der Waals surface area contributed by atoms with Crippen molar-refractivity contribution in [3.63, 3.8) is 0 Å². The molecule has 4 nitrogen and oxygen atoms in total. The van der Waals surface area contributed by atoms with Crippen molar-refractivity contribution >= 4 is 29.4 Å². The molecule has 0 saturated carbocycles. The molecule has 2 aromatic carbocycles. The van der Waals surface area contributed by atoms with E-state index in [2.05, 4.69) is 5.16 Å². The highest BCUT2D eigenvalue weighted by molar-refractivity contribution is 6.33. The summed E-state index contributed by atoms with van der Waals surface area (Å²) < 4.78 is 5.32. The smallest absolute Gasteiger partial charge is 0.368 e. The monoisotopic (exact) mass is 339 g/mol. The summed E-state index contributed by atoms with van der Waals surface area (Å²) in [5, 5.41) is 4.39. The van der Waals surface area contributed by atoms with Crippen LogP contribution >= 0.6 is 11.6 Å².